The zero-order valence-electron chi connectivity index (χ0n) is 12.0. The van der Waals surface area contributed by atoms with Crippen molar-refractivity contribution in [3.05, 3.63) is 35.9 Å². The fourth-order valence-electron chi connectivity index (χ4n) is 2.71. The largest absolute Gasteiger partial charge is 0.352 e. The Balaban J connectivity index is 1.77. The molecule has 20 heavy (non-hydrogen) atoms. The Morgan fingerprint density at radius 3 is 2.55 bits per heavy atom. The van der Waals surface area contributed by atoms with E-state index in [0.717, 1.165) is 23.7 Å². The average molecular weight is 292 g/mol. The summed E-state index contributed by atoms with van der Waals surface area (Å²) in [6.45, 7) is 0. The molecular formula is C16H24N2OS. The van der Waals surface area contributed by atoms with Crippen molar-refractivity contribution < 1.29 is 4.79 Å². The Morgan fingerprint density at radius 2 is 1.95 bits per heavy atom. The molecule has 1 amide bonds. The molecule has 1 saturated carbocycles. The smallest absolute Gasteiger partial charge is 0.237 e. The van der Waals surface area contributed by atoms with E-state index in [4.69, 9.17) is 5.73 Å². The molecule has 0 aromatic heterocycles. The maximum atomic E-state index is 12.1. The second-order valence-corrected chi connectivity index (χ2v) is 6.65. The molecule has 4 heteroatoms. The van der Waals surface area contributed by atoms with Crippen molar-refractivity contribution in [2.24, 2.45) is 5.73 Å². The first kappa shape index (κ1) is 15.4. The first-order chi connectivity index (χ1) is 9.69. The van der Waals surface area contributed by atoms with E-state index >= 15 is 0 Å². The van der Waals surface area contributed by atoms with Gasteiger partial charge in [0.15, 0.2) is 0 Å². The molecule has 1 aliphatic rings. The van der Waals surface area contributed by atoms with Gasteiger partial charge in [0.1, 0.15) is 0 Å². The second-order valence-electron chi connectivity index (χ2n) is 5.51. The minimum Gasteiger partial charge on any atom is -0.352 e. The van der Waals surface area contributed by atoms with Gasteiger partial charge in [0.25, 0.3) is 0 Å². The molecule has 1 aromatic carbocycles. The summed E-state index contributed by atoms with van der Waals surface area (Å²) in [6.07, 6.45) is 7.32. The number of nitrogens with two attached hydrogens (primary N) is 1. The van der Waals surface area contributed by atoms with Crippen molar-refractivity contribution in [2.45, 2.75) is 49.4 Å². The van der Waals surface area contributed by atoms with Crippen LogP contribution < -0.4 is 11.1 Å². The zero-order chi connectivity index (χ0) is 14.4. The molecule has 1 aromatic rings. The van der Waals surface area contributed by atoms with Crippen LogP contribution in [0.3, 0.4) is 0 Å². The van der Waals surface area contributed by atoms with Crippen molar-refractivity contribution >= 4 is 17.7 Å². The molecule has 0 heterocycles. The van der Waals surface area contributed by atoms with E-state index in [1.54, 1.807) is 0 Å². The van der Waals surface area contributed by atoms with Crippen LogP contribution in [0.25, 0.3) is 0 Å². The van der Waals surface area contributed by atoms with E-state index in [1.165, 1.54) is 12.8 Å². The number of carbonyl (C=O) groups is 1. The molecule has 1 atom stereocenters. The molecule has 0 bridgehead atoms. The van der Waals surface area contributed by atoms with Crippen molar-refractivity contribution in [3.8, 4) is 0 Å². The summed E-state index contributed by atoms with van der Waals surface area (Å²) in [5.41, 5.74) is 7.12. The first-order valence-corrected chi connectivity index (χ1v) is 8.60. The van der Waals surface area contributed by atoms with Gasteiger partial charge in [-0.2, -0.15) is 11.8 Å². The molecule has 0 radical (unpaired) electrons. The van der Waals surface area contributed by atoms with E-state index in [0.29, 0.717) is 12.5 Å². The lowest BCUT2D eigenvalue weighted by Crippen LogP contribution is -2.47. The van der Waals surface area contributed by atoms with E-state index < -0.39 is 6.04 Å². The van der Waals surface area contributed by atoms with Crippen LogP contribution >= 0.6 is 11.8 Å². The fourth-order valence-corrected chi connectivity index (χ4v) is 3.46. The average Bonchev–Trinajstić information content (AvgIpc) is 2.49. The van der Waals surface area contributed by atoms with Gasteiger partial charge >= 0.3 is 0 Å². The van der Waals surface area contributed by atoms with Gasteiger partial charge < -0.3 is 11.1 Å². The lowest BCUT2D eigenvalue weighted by molar-refractivity contribution is -0.123. The van der Waals surface area contributed by atoms with Gasteiger partial charge in [0.05, 0.1) is 6.04 Å². The van der Waals surface area contributed by atoms with Crippen molar-refractivity contribution in [1.29, 1.82) is 0 Å². The van der Waals surface area contributed by atoms with Crippen LogP contribution in [0.15, 0.2) is 30.3 Å². The lowest BCUT2D eigenvalue weighted by atomic mass is 9.94. The number of amides is 1. The first-order valence-electron chi connectivity index (χ1n) is 7.31. The predicted molar refractivity (Wildman–Crippen MR) is 85.8 cm³/mol. The SMILES string of the molecule is CSC1CCC(NC(=O)[C@@H](N)Cc2ccccc2)CC1. The standard InChI is InChI=1S/C16H24N2OS/c1-20-14-9-7-13(8-10-14)18-16(19)15(17)11-12-5-3-2-4-6-12/h2-6,13-15H,7-11,17H2,1H3,(H,18,19)/t13?,14?,15-/m0/s1. The van der Waals surface area contributed by atoms with E-state index in [9.17, 15) is 4.79 Å². The molecule has 0 spiro atoms. The topological polar surface area (TPSA) is 55.1 Å². The third kappa shape index (κ3) is 4.53. The maximum Gasteiger partial charge on any atom is 0.237 e. The normalized spacial score (nSPS) is 24.1. The van der Waals surface area contributed by atoms with Crippen molar-refractivity contribution in [1.82, 2.24) is 5.32 Å². The highest BCUT2D eigenvalue weighted by Gasteiger charge is 2.23. The summed E-state index contributed by atoms with van der Waals surface area (Å²) >= 11 is 1.94. The zero-order valence-corrected chi connectivity index (χ0v) is 12.9. The summed E-state index contributed by atoms with van der Waals surface area (Å²) in [4.78, 5) is 12.1. The van der Waals surface area contributed by atoms with Gasteiger partial charge in [-0.1, -0.05) is 30.3 Å². The molecule has 0 unspecified atom stereocenters. The number of benzene rings is 1. The van der Waals surface area contributed by atoms with Gasteiger partial charge in [-0.15, -0.1) is 0 Å². The number of nitrogens with one attached hydrogen (secondary N) is 1. The van der Waals surface area contributed by atoms with Gasteiger partial charge in [0.2, 0.25) is 5.91 Å². The van der Waals surface area contributed by atoms with Gasteiger partial charge in [-0.25, -0.2) is 0 Å². The Morgan fingerprint density at radius 1 is 1.30 bits per heavy atom. The van der Waals surface area contributed by atoms with E-state index in [1.807, 2.05) is 42.1 Å². The summed E-state index contributed by atoms with van der Waals surface area (Å²) in [5.74, 6) is -0.0125. The molecule has 1 aliphatic carbocycles. The number of rotatable bonds is 5. The molecule has 1 fully saturated rings. The minimum absolute atomic E-state index is 0.0125. The van der Waals surface area contributed by atoms with Gasteiger partial charge in [0, 0.05) is 11.3 Å². The summed E-state index contributed by atoms with van der Waals surface area (Å²) in [7, 11) is 0. The molecule has 0 saturated heterocycles. The Hall–Kier alpha value is -1.00. The highest BCUT2D eigenvalue weighted by atomic mass is 32.2. The van der Waals surface area contributed by atoms with Crippen LogP contribution in [-0.4, -0.2) is 29.5 Å². The van der Waals surface area contributed by atoms with Gasteiger partial charge in [-0.05, 0) is 43.9 Å². The molecule has 110 valence electrons. The minimum atomic E-state index is -0.448. The highest BCUT2D eigenvalue weighted by Crippen LogP contribution is 2.26. The number of carbonyl (C=O) groups excluding carboxylic acids is 1. The number of thioether (sulfide) groups is 1. The third-order valence-corrected chi connectivity index (χ3v) is 5.13. The van der Waals surface area contributed by atoms with Crippen molar-refractivity contribution in [2.75, 3.05) is 6.26 Å². The maximum absolute atomic E-state index is 12.1. The molecule has 3 N–H and O–H groups in total. The Bertz CT molecular complexity index is 416. The van der Waals surface area contributed by atoms with Gasteiger partial charge in [-0.3, -0.25) is 4.79 Å². The Kier molecular flexibility index (Phi) is 5.92. The predicted octanol–water partition coefficient (Wildman–Crippen LogP) is 2.35. The van der Waals surface area contributed by atoms with E-state index in [-0.39, 0.29) is 5.91 Å². The highest BCUT2D eigenvalue weighted by molar-refractivity contribution is 7.99. The second kappa shape index (κ2) is 7.70. The number of hydrogen-bond acceptors (Lipinski definition) is 3. The third-order valence-electron chi connectivity index (χ3n) is 3.99. The number of hydrogen-bond donors (Lipinski definition) is 2. The van der Waals surface area contributed by atoms with Crippen LogP contribution in [-0.2, 0) is 11.2 Å². The van der Waals surface area contributed by atoms with Crippen LogP contribution in [0.1, 0.15) is 31.2 Å². The summed E-state index contributed by atoms with van der Waals surface area (Å²) in [6, 6.07) is 9.81. The van der Waals surface area contributed by atoms with Crippen LogP contribution in [0.5, 0.6) is 0 Å². The molecular weight excluding hydrogens is 268 g/mol. The summed E-state index contributed by atoms with van der Waals surface area (Å²) < 4.78 is 0. The van der Waals surface area contributed by atoms with Crippen LogP contribution in [0, 0.1) is 0 Å². The molecule has 0 aliphatic heterocycles. The van der Waals surface area contributed by atoms with E-state index in [2.05, 4.69) is 11.6 Å². The Labute approximate surface area is 125 Å². The summed E-state index contributed by atoms with van der Waals surface area (Å²) in [5, 5.41) is 3.88. The van der Waals surface area contributed by atoms with Crippen LogP contribution in [0.2, 0.25) is 0 Å². The van der Waals surface area contributed by atoms with Crippen LogP contribution in [0.4, 0.5) is 0 Å². The molecule has 3 nitrogen and oxygen atoms in total. The quantitative estimate of drug-likeness (QED) is 0.876. The lowest BCUT2D eigenvalue weighted by Gasteiger charge is -2.28. The molecule has 2 rings (SSSR count). The van der Waals surface area contributed by atoms with Crippen molar-refractivity contribution in [3.63, 3.8) is 0 Å². The fraction of sp³-hybridized carbons (Fsp3) is 0.562. The monoisotopic (exact) mass is 292 g/mol.